The van der Waals surface area contributed by atoms with Crippen molar-refractivity contribution in [1.82, 2.24) is 20.2 Å². The Bertz CT molecular complexity index is 671. The van der Waals surface area contributed by atoms with E-state index in [4.69, 9.17) is 0 Å². The predicted octanol–water partition coefficient (Wildman–Crippen LogP) is 3.53. The van der Waals surface area contributed by atoms with Crippen LogP contribution < -0.4 is 10.6 Å². The van der Waals surface area contributed by atoms with Gasteiger partial charge in [0.25, 0.3) is 0 Å². The molecule has 1 aromatic heterocycles. The number of guanidine groups is 1. The van der Waals surface area contributed by atoms with Gasteiger partial charge in [-0.25, -0.2) is 9.37 Å². The molecule has 0 atom stereocenters. The van der Waals surface area contributed by atoms with E-state index >= 15 is 0 Å². The molecule has 2 rings (SSSR count). The van der Waals surface area contributed by atoms with Gasteiger partial charge in [-0.15, -0.1) is 24.0 Å². The highest BCUT2D eigenvalue weighted by atomic mass is 127. The van der Waals surface area contributed by atoms with Gasteiger partial charge in [0.15, 0.2) is 5.96 Å². The second-order valence-corrected chi connectivity index (χ2v) is 5.94. The van der Waals surface area contributed by atoms with Crippen LogP contribution in [0.2, 0.25) is 0 Å². The van der Waals surface area contributed by atoms with Crippen LogP contribution in [-0.4, -0.2) is 35.1 Å². The predicted molar refractivity (Wildman–Crippen MR) is 116 cm³/mol. The van der Waals surface area contributed by atoms with E-state index in [2.05, 4.69) is 25.2 Å². The Morgan fingerprint density at radius 2 is 2.12 bits per heavy atom. The highest BCUT2D eigenvalue weighted by Crippen LogP contribution is 2.03. The molecular formula is C19H29FIN5. The second kappa shape index (κ2) is 12.7. The third-order valence-electron chi connectivity index (χ3n) is 3.94. The molecule has 0 fully saturated rings. The summed E-state index contributed by atoms with van der Waals surface area (Å²) in [4.78, 5) is 8.82. The molecule has 0 radical (unpaired) electrons. The van der Waals surface area contributed by atoms with Crippen molar-refractivity contribution < 1.29 is 4.39 Å². The lowest BCUT2D eigenvalue weighted by Gasteiger charge is -2.11. The molecule has 0 aliphatic heterocycles. The lowest BCUT2D eigenvalue weighted by Crippen LogP contribution is -2.38. The molecule has 0 unspecified atom stereocenters. The number of nitrogens with zero attached hydrogens (tertiary/aromatic N) is 3. The summed E-state index contributed by atoms with van der Waals surface area (Å²) in [6.45, 7) is 7.37. The summed E-state index contributed by atoms with van der Waals surface area (Å²) in [5.41, 5.74) is 0.985. The number of hydrogen-bond acceptors (Lipinski definition) is 2. The van der Waals surface area contributed by atoms with Crippen molar-refractivity contribution in [3.8, 4) is 0 Å². The van der Waals surface area contributed by atoms with Crippen molar-refractivity contribution in [1.29, 1.82) is 0 Å². The van der Waals surface area contributed by atoms with Gasteiger partial charge in [0.2, 0.25) is 0 Å². The third kappa shape index (κ3) is 8.16. The number of aliphatic imine (C=N–C) groups is 1. The van der Waals surface area contributed by atoms with E-state index in [0.717, 1.165) is 62.8 Å². The number of halogens is 2. The van der Waals surface area contributed by atoms with Crippen molar-refractivity contribution in [2.75, 3.05) is 19.6 Å². The molecule has 144 valence electrons. The van der Waals surface area contributed by atoms with Crippen LogP contribution >= 0.6 is 24.0 Å². The Hall–Kier alpha value is -1.64. The normalized spacial score (nSPS) is 11.1. The first-order chi connectivity index (χ1) is 12.2. The van der Waals surface area contributed by atoms with E-state index in [-0.39, 0.29) is 29.8 Å². The summed E-state index contributed by atoms with van der Waals surface area (Å²) in [6.07, 6.45) is 6.71. The molecule has 7 heteroatoms. The van der Waals surface area contributed by atoms with Crippen molar-refractivity contribution in [3.63, 3.8) is 0 Å². The van der Waals surface area contributed by atoms with Crippen LogP contribution in [0.25, 0.3) is 0 Å². The van der Waals surface area contributed by atoms with E-state index in [1.807, 2.05) is 32.3 Å². The quantitative estimate of drug-likeness (QED) is 0.254. The average molecular weight is 473 g/mol. The van der Waals surface area contributed by atoms with Crippen molar-refractivity contribution in [2.45, 2.75) is 39.7 Å². The Kier molecular flexibility index (Phi) is 10.9. The topological polar surface area (TPSA) is 54.2 Å². The summed E-state index contributed by atoms with van der Waals surface area (Å²) in [5.74, 6) is 1.68. The summed E-state index contributed by atoms with van der Waals surface area (Å²) in [5, 5.41) is 6.55. The number of benzene rings is 1. The Morgan fingerprint density at radius 1 is 1.27 bits per heavy atom. The van der Waals surface area contributed by atoms with Gasteiger partial charge in [0, 0.05) is 38.6 Å². The zero-order chi connectivity index (χ0) is 17.9. The Labute approximate surface area is 172 Å². The van der Waals surface area contributed by atoms with Crippen LogP contribution in [0.4, 0.5) is 4.39 Å². The summed E-state index contributed by atoms with van der Waals surface area (Å²) < 4.78 is 15.3. The molecule has 2 N–H and O–H groups in total. The van der Waals surface area contributed by atoms with Crippen LogP contribution in [-0.2, 0) is 13.0 Å². The summed E-state index contributed by atoms with van der Waals surface area (Å²) >= 11 is 0. The number of aromatic nitrogens is 2. The fourth-order valence-corrected chi connectivity index (χ4v) is 2.58. The fourth-order valence-electron chi connectivity index (χ4n) is 2.58. The minimum absolute atomic E-state index is 0. The zero-order valence-electron chi connectivity index (χ0n) is 15.5. The average Bonchev–Trinajstić information content (AvgIpc) is 3.00. The second-order valence-electron chi connectivity index (χ2n) is 5.94. The van der Waals surface area contributed by atoms with E-state index in [9.17, 15) is 4.39 Å². The highest BCUT2D eigenvalue weighted by molar-refractivity contribution is 14.0. The summed E-state index contributed by atoms with van der Waals surface area (Å²) in [7, 11) is 0. The van der Waals surface area contributed by atoms with Gasteiger partial charge in [0.1, 0.15) is 11.6 Å². The first-order valence-electron chi connectivity index (χ1n) is 8.93. The molecule has 0 amide bonds. The number of hydrogen-bond donors (Lipinski definition) is 2. The minimum atomic E-state index is -0.189. The van der Waals surface area contributed by atoms with Crippen LogP contribution in [0, 0.1) is 12.7 Å². The lowest BCUT2D eigenvalue weighted by atomic mass is 10.1. The first-order valence-corrected chi connectivity index (χ1v) is 8.93. The number of nitrogens with one attached hydrogen (secondary N) is 2. The standard InChI is InChI=1S/C19H28FN5.HI/c1-3-21-19(24-11-9-17-7-6-8-18(20)15-17)23-10-4-5-13-25-14-12-22-16(25)2;/h6-8,12,14-15H,3-5,9-11,13H2,1-2H3,(H2,21,23,24);1H. The lowest BCUT2D eigenvalue weighted by molar-refractivity contribution is 0.600. The van der Waals surface area contributed by atoms with Gasteiger partial charge in [-0.2, -0.15) is 0 Å². The number of aryl methyl sites for hydroxylation is 2. The molecular weight excluding hydrogens is 444 g/mol. The van der Waals surface area contributed by atoms with Crippen LogP contribution in [0.1, 0.15) is 31.2 Å². The molecule has 0 spiro atoms. The molecule has 0 saturated heterocycles. The van der Waals surface area contributed by atoms with E-state index in [1.165, 1.54) is 6.07 Å². The van der Waals surface area contributed by atoms with Crippen molar-refractivity contribution in [3.05, 3.63) is 53.9 Å². The number of rotatable bonds is 9. The maximum Gasteiger partial charge on any atom is 0.191 e. The third-order valence-corrected chi connectivity index (χ3v) is 3.94. The van der Waals surface area contributed by atoms with E-state index < -0.39 is 0 Å². The van der Waals surface area contributed by atoms with Gasteiger partial charge < -0.3 is 15.2 Å². The number of imidazole rings is 1. The van der Waals surface area contributed by atoms with Crippen LogP contribution in [0.15, 0.2) is 41.7 Å². The summed E-state index contributed by atoms with van der Waals surface area (Å²) in [6, 6.07) is 6.72. The SMILES string of the molecule is CCNC(=NCCCCn1ccnc1C)NCCc1cccc(F)c1.I. The van der Waals surface area contributed by atoms with Gasteiger partial charge in [0.05, 0.1) is 0 Å². The fraction of sp³-hybridized carbons (Fsp3) is 0.474. The van der Waals surface area contributed by atoms with Gasteiger partial charge in [-0.3, -0.25) is 4.99 Å². The largest absolute Gasteiger partial charge is 0.357 e. The molecule has 2 aromatic rings. The van der Waals surface area contributed by atoms with Crippen LogP contribution in [0.3, 0.4) is 0 Å². The molecule has 0 aliphatic rings. The van der Waals surface area contributed by atoms with Gasteiger partial charge in [-0.05, 0) is 50.8 Å². The van der Waals surface area contributed by atoms with Crippen molar-refractivity contribution >= 4 is 29.9 Å². The Balaban J connectivity index is 0.00000338. The van der Waals surface area contributed by atoms with Crippen molar-refractivity contribution in [2.24, 2.45) is 4.99 Å². The monoisotopic (exact) mass is 473 g/mol. The van der Waals surface area contributed by atoms with E-state index in [1.54, 1.807) is 12.1 Å². The van der Waals surface area contributed by atoms with Crippen LogP contribution in [0.5, 0.6) is 0 Å². The van der Waals surface area contributed by atoms with Gasteiger partial charge >= 0.3 is 0 Å². The molecule has 1 heterocycles. The molecule has 0 aliphatic carbocycles. The molecule has 26 heavy (non-hydrogen) atoms. The van der Waals surface area contributed by atoms with E-state index in [0.29, 0.717) is 0 Å². The first kappa shape index (κ1) is 22.4. The maximum atomic E-state index is 13.2. The molecule has 1 aromatic carbocycles. The van der Waals surface area contributed by atoms with Gasteiger partial charge in [-0.1, -0.05) is 12.1 Å². The smallest absolute Gasteiger partial charge is 0.191 e. The maximum absolute atomic E-state index is 13.2. The number of unbranched alkanes of at least 4 members (excludes halogenated alkanes) is 1. The Morgan fingerprint density at radius 3 is 2.81 bits per heavy atom. The molecule has 0 bridgehead atoms. The minimum Gasteiger partial charge on any atom is -0.357 e. The molecule has 5 nitrogen and oxygen atoms in total. The zero-order valence-corrected chi connectivity index (χ0v) is 17.9. The highest BCUT2D eigenvalue weighted by Gasteiger charge is 2.00. The molecule has 0 saturated carbocycles.